The van der Waals surface area contributed by atoms with Gasteiger partial charge in [0.15, 0.2) is 5.75 Å². The fraction of sp³-hybridized carbons (Fsp3) is 0.364. The van der Waals surface area contributed by atoms with Gasteiger partial charge in [-0.1, -0.05) is 0 Å². The van der Waals surface area contributed by atoms with Crippen LogP contribution in [0.3, 0.4) is 0 Å². The van der Waals surface area contributed by atoms with Crippen LogP contribution in [-0.2, 0) is 0 Å². The van der Waals surface area contributed by atoms with E-state index in [0.717, 1.165) is 0 Å². The Morgan fingerprint density at radius 1 is 1.39 bits per heavy atom. The minimum atomic E-state index is -2.06. The van der Waals surface area contributed by atoms with Crippen molar-refractivity contribution < 1.29 is 19.3 Å². The molecule has 0 aliphatic rings. The molecule has 0 aromatic heterocycles. The normalized spacial score (nSPS) is 11.1. The smallest absolute Gasteiger partial charge is 0.336 e. The molecule has 1 N–H and O–H groups in total. The highest BCUT2D eigenvalue weighted by atomic mass is 28.4. The van der Waals surface area contributed by atoms with E-state index in [2.05, 4.69) is 0 Å². The summed E-state index contributed by atoms with van der Waals surface area (Å²) in [7, 11) is -2.06. The lowest BCUT2D eigenvalue weighted by Gasteiger charge is -2.21. The van der Waals surface area contributed by atoms with Gasteiger partial charge in [0, 0.05) is 11.6 Å². The number of aromatic carboxylic acids is 1. The fourth-order valence-corrected chi connectivity index (χ4v) is 2.36. The van der Waals surface area contributed by atoms with Gasteiger partial charge in [0.2, 0.25) is 8.32 Å². The number of rotatable bonds is 4. The van der Waals surface area contributed by atoms with E-state index in [0.29, 0.717) is 5.56 Å². The number of benzene rings is 1. The van der Waals surface area contributed by atoms with Gasteiger partial charge in [-0.15, -0.1) is 0 Å². The molecule has 0 bridgehead atoms. The second-order valence-corrected chi connectivity index (χ2v) is 9.29. The van der Waals surface area contributed by atoms with Crippen LogP contribution >= 0.6 is 0 Å². The Morgan fingerprint density at radius 2 is 1.94 bits per heavy atom. The van der Waals surface area contributed by atoms with Crippen molar-refractivity contribution in [3.63, 3.8) is 0 Å². The van der Waals surface area contributed by atoms with Crippen molar-refractivity contribution in [1.29, 1.82) is 0 Å². The van der Waals surface area contributed by atoms with E-state index < -0.39 is 19.2 Å². The van der Waals surface area contributed by atoms with Gasteiger partial charge in [-0.05, 0) is 32.6 Å². The zero-order valence-electron chi connectivity index (χ0n) is 10.7. The molecule has 0 fully saturated rings. The zero-order chi connectivity index (χ0) is 14.1. The first-order chi connectivity index (χ1) is 8.13. The summed E-state index contributed by atoms with van der Waals surface area (Å²) in [5, 5.41) is 19.9. The summed E-state index contributed by atoms with van der Waals surface area (Å²) >= 11 is 0. The first kappa shape index (κ1) is 14.2. The van der Waals surface area contributed by atoms with Crippen molar-refractivity contribution in [3.05, 3.63) is 33.4 Å². The van der Waals surface area contributed by atoms with Crippen LogP contribution in [0, 0.1) is 17.0 Å². The predicted molar refractivity (Wildman–Crippen MR) is 68.8 cm³/mol. The van der Waals surface area contributed by atoms with Crippen LogP contribution in [0.1, 0.15) is 15.9 Å². The fourth-order valence-electron chi connectivity index (χ4n) is 1.49. The Hall–Kier alpha value is -1.89. The van der Waals surface area contributed by atoms with Gasteiger partial charge < -0.3 is 9.53 Å². The molecule has 0 aliphatic heterocycles. The standard InChI is InChI=1S/C11H15NO5Si/c1-7-8(11(13)14)5-6-9(12(15)16)10(7)17-18(2,3)4/h5-6H,1-4H3,(H,13,14). The first-order valence-corrected chi connectivity index (χ1v) is 8.74. The van der Waals surface area contributed by atoms with E-state index in [9.17, 15) is 14.9 Å². The summed E-state index contributed by atoms with van der Waals surface area (Å²) in [5.74, 6) is -1.05. The minimum absolute atomic E-state index is 0.0221. The number of nitro groups is 1. The molecule has 0 atom stereocenters. The monoisotopic (exact) mass is 269 g/mol. The van der Waals surface area contributed by atoms with E-state index in [1.54, 1.807) is 0 Å². The number of nitrogens with zero attached hydrogens (tertiary/aromatic N) is 1. The molecule has 0 radical (unpaired) electrons. The van der Waals surface area contributed by atoms with Gasteiger partial charge in [0.1, 0.15) is 0 Å². The van der Waals surface area contributed by atoms with Gasteiger partial charge in [-0.25, -0.2) is 4.79 Å². The predicted octanol–water partition coefficient (Wildman–Crippen LogP) is 2.82. The van der Waals surface area contributed by atoms with E-state index in [1.807, 2.05) is 19.6 Å². The van der Waals surface area contributed by atoms with Gasteiger partial charge in [-0.3, -0.25) is 10.1 Å². The molecule has 18 heavy (non-hydrogen) atoms. The van der Waals surface area contributed by atoms with Crippen molar-refractivity contribution in [3.8, 4) is 5.75 Å². The molecule has 0 saturated carbocycles. The Morgan fingerprint density at radius 3 is 2.33 bits per heavy atom. The highest BCUT2D eigenvalue weighted by molar-refractivity contribution is 6.70. The number of carboxylic acids is 1. The van der Waals surface area contributed by atoms with Crippen molar-refractivity contribution in [2.45, 2.75) is 26.6 Å². The molecular formula is C11H15NO5Si. The van der Waals surface area contributed by atoms with Crippen LogP contribution in [0.2, 0.25) is 19.6 Å². The van der Waals surface area contributed by atoms with Crippen LogP contribution in [0.5, 0.6) is 5.75 Å². The van der Waals surface area contributed by atoms with E-state index in [4.69, 9.17) is 9.53 Å². The Bertz CT molecular complexity index is 507. The molecule has 0 amide bonds. The summed E-state index contributed by atoms with van der Waals surface area (Å²) in [6.07, 6.45) is 0. The summed E-state index contributed by atoms with van der Waals surface area (Å²) < 4.78 is 5.65. The SMILES string of the molecule is Cc1c(C(=O)O)ccc([N+](=O)[O-])c1O[Si](C)(C)C. The minimum Gasteiger partial charge on any atom is -0.540 e. The molecule has 0 saturated heterocycles. The molecule has 0 heterocycles. The lowest BCUT2D eigenvalue weighted by Crippen LogP contribution is -2.30. The molecule has 0 unspecified atom stereocenters. The topological polar surface area (TPSA) is 89.7 Å². The van der Waals surface area contributed by atoms with Gasteiger partial charge >= 0.3 is 11.7 Å². The number of hydrogen-bond donors (Lipinski definition) is 1. The quantitative estimate of drug-likeness (QED) is 0.515. The van der Waals surface area contributed by atoms with Crippen LogP contribution in [0.25, 0.3) is 0 Å². The lowest BCUT2D eigenvalue weighted by molar-refractivity contribution is -0.385. The molecule has 0 aliphatic carbocycles. The lowest BCUT2D eigenvalue weighted by atomic mass is 10.1. The maximum absolute atomic E-state index is 11.0. The number of carbonyl (C=O) groups is 1. The summed E-state index contributed by atoms with van der Waals surface area (Å²) in [6, 6.07) is 2.40. The van der Waals surface area contributed by atoms with Crippen LogP contribution < -0.4 is 4.43 Å². The number of carboxylic acid groups (broad SMARTS) is 1. The van der Waals surface area contributed by atoms with Crippen molar-refractivity contribution >= 4 is 20.0 Å². The molecule has 7 heteroatoms. The second-order valence-electron chi connectivity index (χ2n) is 4.86. The van der Waals surface area contributed by atoms with Crippen molar-refractivity contribution in [2.24, 2.45) is 0 Å². The Labute approximate surface area is 105 Å². The van der Waals surface area contributed by atoms with Crippen molar-refractivity contribution in [2.75, 3.05) is 0 Å². The molecule has 1 aromatic rings. The molecule has 0 spiro atoms. The molecule has 1 rings (SSSR count). The van der Waals surface area contributed by atoms with Gasteiger partial charge in [0.25, 0.3) is 0 Å². The van der Waals surface area contributed by atoms with Crippen LogP contribution in [0.4, 0.5) is 5.69 Å². The molecule has 98 valence electrons. The maximum Gasteiger partial charge on any atom is 0.336 e. The maximum atomic E-state index is 11.0. The Balaban J connectivity index is 3.45. The largest absolute Gasteiger partial charge is 0.540 e. The Kier molecular flexibility index (Phi) is 3.75. The summed E-state index contributed by atoms with van der Waals surface area (Å²) in [4.78, 5) is 21.4. The highest BCUT2D eigenvalue weighted by Gasteiger charge is 2.27. The summed E-state index contributed by atoms with van der Waals surface area (Å²) in [5.41, 5.74) is 0.118. The number of nitro benzene ring substituents is 1. The second kappa shape index (κ2) is 4.77. The third kappa shape index (κ3) is 3.07. The van der Waals surface area contributed by atoms with Gasteiger partial charge in [-0.2, -0.15) is 0 Å². The highest BCUT2D eigenvalue weighted by Crippen LogP contribution is 2.34. The third-order valence-electron chi connectivity index (χ3n) is 2.22. The van der Waals surface area contributed by atoms with Crippen LogP contribution in [0.15, 0.2) is 12.1 Å². The summed E-state index contributed by atoms with van der Waals surface area (Å²) in [6.45, 7) is 7.16. The molecule has 1 aromatic carbocycles. The molecular weight excluding hydrogens is 254 g/mol. The number of hydrogen-bond acceptors (Lipinski definition) is 4. The van der Waals surface area contributed by atoms with Gasteiger partial charge in [0.05, 0.1) is 10.5 Å². The van der Waals surface area contributed by atoms with E-state index in [1.165, 1.54) is 19.1 Å². The molecule has 6 nitrogen and oxygen atoms in total. The van der Waals surface area contributed by atoms with Crippen molar-refractivity contribution in [1.82, 2.24) is 0 Å². The third-order valence-corrected chi connectivity index (χ3v) is 3.04. The first-order valence-electron chi connectivity index (χ1n) is 5.34. The van der Waals surface area contributed by atoms with E-state index >= 15 is 0 Å². The average Bonchev–Trinajstić information content (AvgIpc) is 2.17. The van der Waals surface area contributed by atoms with Crippen LogP contribution in [-0.4, -0.2) is 24.3 Å². The van der Waals surface area contributed by atoms with E-state index in [-0.39, 0.29) is 17.0 Å². The zero-order valence-corrected chi connectivity index (χ0v) is 11.7. The average molecular weight is 269 g/mol.